The molecule has 0 saturated heterocycles. The van der Waals surface area contributed by atoms with Crippen LogP contribution in [0.3, 0.4) is 0 Å². The van der Waals surface area contributed by atoms with Crippen LogP contribution in [0.2, 0.25) is 0 Å². The fraction of sp³-hybridized carbons (Fsp3) is 0.375. The molecule has 2 heteroatoms. The maximum Gasteiger partial charge on any atom is 0.0635 e. The van der Waals surface area contributed by atoms with E-state index in [1.165, 1.54) is 16.3 Å². The normalized spacial score (nSPS) is 12.9. The first-order chi connectivity index (χ1) is 8.60. The largest absolute Gasteiger partial charge is 0.394 e. The Hall–Kier alpha value is -1.54. The third-order valence-electron chi connectivity index (χ3n) is 3.35. The topological polar surface area (TPSA) is 32.3 Å². The zero-order chi connectivity index (χ0) is 13.1. The van der Waals surface area contributed by atoms with Gasteiger partial charge in [0, 0.05) is 5.69 Å². The molecule has 2 aromatic carbocycles. The highest BCUT2D eigenvalue weighted by Gasteiger charge is 2.11. The van der Waals surface area contributed by atoms with Crippen molar-refractivity contribution < 1.29 is 5.11 Å². The fourth-order valence-electron chi connectivity index (χ4n) is 2.09. The lowest BCUT2D eigenvalue weighted by Gasteiger charge is -2.21. The van der Waals surface area contributed by atoms with Gasteiger partial charge in [0.25, 0.3) is 0 Å². The maximum absolute atomic E-state index is 9.34. The summed E-state index contributed by atoms with van der Waals surface area (Å²) in [5.74, 6) is 0.406. The Balaban J connectivity index is 2.27. The number of nitrogens with one attached hydrogen (secondary N) is 1. The third-order valence-corrected chi connectivity index (χ3v) is 3.35. The lowest BCUT2D eigenvalue weighted by atomic mass is 10.0. The second kappa shape index (κ2) is 5.40. The van der Waals surface area contributed by atoms with Crippen molar-refractivity contribution in [3.8, 4) is 0 Å². The molecule has 0 amide bonds. The molecule has 18 heavy (non-hydrogen) atoms. The minimum Gasteiger partial charge on any atom is -0.394 e. The van der Waals surface area contributed by atoms with Crippen LogP contribution in [0.1, 0.15) is 19.4 Å². The van der Waals surface area contributed by atoms with Gasteiger partial charge in [-0.15, -0.1) is 0 Å². The molecule has 1 atom stereocenters. The quantitative estimate of drug-likeness (QED) is 0.860. The van der Waals surface area contributed by atoms with Crippen molar-refractivity contribution in [2.75, 3.05) is 11.9 Å². The van der Waals surface area contributed by atoms with Gasteiger partial charge in [0.2, 0.25) is 0 Å². The van der Waals surface area contributed by atoms with E-state index in [-0.39, 0.29) is 12.6 Å². The van der Waals surface area contributed by atoms with Gasteiger partial charge in [-0.2, -0.15) is 0 Å². The Kier molecular flexibility index (Phi) is 3.87. The number of rotatable bonds is 4. The van der Waals surface area contributed by atoms with Crippen molar-refractivity contribution in [3.63, 3.8) is 0 Å². The number of benzene rings is 2. The summed E-state index contributed by atoms with van der Waals surface area (Å²) in [6.07, 6.45) is 0. The van der Waals surface area contributed by atoms with E-state index in [9.17, 15) is 5.11 Å². The smallest absolute Gasteiger partial charge is 0.0635 e. The lowest BCUT2D eigenvalue weighted by Crippen LogP contribution is -2.29. The molecule has 0 fully saturated rings. The van der Waals surface area contributed by atoms with E-state index in [1.54, 1.807) is 0 Å². The molecule has 0 spiro atoms. The summed E-state index contributed by atoms with van der Waals surface area (Å²) in [7, 11) is 0. The van der Waals surface area contributed by atoms with E-state index in [2.05, 4.69) is 62.5 Å². The second-order valence-electron chi connectivity index (χ2n) is 5.24. The van der Waals surface area contributed by atoms with Gasteiger partial charge in [0.1, 0.15) is 0 Å². The predicted octanol–water partition coefficient (Wildman–Crippen LogP) is 3.58. The van der Waals surface area contributed by atoms with E-state index in [0.717, 1.165) is 5.69 Å². The molecule has 0 aliphatic heterocycles. The van der Waals surface area contributed by atoms with E-state index >= 15 is 0 Å². The Bertz CT molecular complexity index is 534. The Morgan fingerprint density at radius 1 is 1.06 bits per heavy atom. The summed E-state index contributed by atoms with van der Waals surface area (Å²) < 4.78 is 0. The van der Waals surface area contributed by atoms with Crippen molar-refractivity contribution in [2.45, 2.75) is 26.8 Å². The first-order valence-electron chi connectivity index (χ1n) is 6.48. The number of anilines is 1. The highest BCUT2D eigenvalue weighted by atomic mass is 16.3. The molecular formula is C16H21NO. The highest BCUT2D eigenvalue weighted by Crippen LogP contribution is 2.21. The minimum atomic E-state index is 0.105. The number of hydrogen-bond donors (Lipinski definition) is 2. The standard InChI is InChI=1S/C16H21NO/c1-11(2)16(10-18)17-15-7-6-13-8-12(3)4-5-14(13)9-15/h4-9,11,16-18H,10H2,1-3H3. The van der Waals surface area contributed by atoms with Crippen LogP contribution in [0.4, 0.5) is 5.69 Å². The first kappa shape index (κ1) is 12.9. The lowest BCUT2D eigenvalue weighted by molar-refractivity contribution is 0.249. The molecule has 0 aromatic heterocycles. The molecular weight excluding hydrogens is 222 g/mol. The predicted molar refractivity (Wildman–Crippen MR) is 78.0 cm³/mol. The summed E-state index contributed by atoms with van der Waals surface area (Å²) in [6, 6.07) is 12.9. The minimum absolute atomic E-state index is 0.105. The van der Waals surface area contributed by atoms with Crippen molar-refractivity contribution in [1.29, 1.82) is 0 Å². The first-order valence-corrected chi connectivity index (χ1v) is 6.48. The van der Waals surface area contributed by atoms with Crippen molar-refractivity contribution in [3.05, 3.63) is 42.0 Å². The SMILES string of the molecule is Cc1ccc2cc(NC(CO)C(C)C)ccc2c1. The van der Waals surface area contributed by atoms with E-state index in [4.69, 9.17) is 0 Å². The van der Waals surface area contributed by atoms with Gasteiger partial charge >= 0.3 is 0 Å². The molecule has 96 valence electrons. The van der Waals surface area contributed by atoms with E-state index in [1.807, 2.05) is 0 Å². The van der Waals surface area contributed by atoms with Crippen LogP contribution in [0.25, 0.3) is 10.8 Å². The molecule has 2 aromatic rings. The zero-order valence-corrected chi connectivity index (χ0v) is 11.3. The van der Waals surface area contributed by atoms with Crippen molar-refractivity contribution in [2.24, 2.45) is 5.92 Å². The Labute approximate surface area is 109 Å². The van der Waals surface area contributed by atoms with Crippen LogP contribution in [0.5, 0.6) is 0 Å². The number of hydrogen-bond acceptors (Lipinski definition) is 2. The summed E-state index contributed by atoms with van der Waals surface area (Å²) in [5.41, 5.74) is 2.35. The van der Waals surface area contributed by atoms with Crippen LogP contribution in [-0.4, -0.2) is 17.8 Å². The number of aryl methyl sites for hydroxylation is 1. The zero-order valence-electron chi connectivity index (χ0n) is 11.3. The molecule has 1 unspecified atom stereocenters. The summed E-state index contributed by atoms with van der Waals surface area (Å²) in [6.45, 7) is 6.48. The summed E-state index contributed by atoms with van der Waals surface area (Å²) >= 11 is 0. The summed E-state index contributed by atoms with van der Waals surface area (Å²) in [4.78, 5) is 0. The number of aliphatic hydroxyl groups excluding tert-OH is 1. The molecule has 2 nitrogen and oxygen atoms in total. The van der Waals surface area contributed by atoms with Crippen molar-refractivity contribution >= 4 is 16.5 Å². The summed E-state index contributed by atoms with van der Waals surface area (Å²) in [5, 5.41) is 15.2. The number of aliphatic hydroxyl groups is 1. The van der Waals surface area contributed by atoms with Crippen LogP contribution < -0.4 is 5.32 Å². The van der Waals surface area contributed by atoms with Gasteiger partial charge in [0.15, 0.2) is 0 Å². The van der Waals surface area contributed by atoms with E-state index in [0.29, 0.717) is 5.92 Å². The fourth-order valence-corrected chi connectivity index (χ4v) is 2.09. The molecule has 0 aliphatic carbocycles. The van der Waals surface area contributed by atoms with Crippen LogP contribution in [0.15, 0.2) is 36.4 Å². The van der Waals surface area contributed by atoms with Gasteiger partial charge in [-0.3, -0.25) is 0 Å². The molecule has 0 radical (unpaired) electrons. The Morgan fingerprint density at radius 3 is 2.39 bits per heavy atom. The van der Waals surface area contributed by atoms with Gasteiger partial charge in [-0.1, -0.05) is 43.7 Å². The maximum atomic E-state index is 9.34. The van der Waals surface area contributed by atoms with Gasteiger partial charge in [-0.05, 0) is 35.7 Å². The average Bonchev–Trinajstić information content (AvgIpc) is 2.35. The van der Waals surface area contributed by atoms with Crippen LogP contribution in [0, 0.1) is 12.8 Å². The second-order valence-corrected chi connectivity index (χ2v) is 5.24. The third kappa shape index (κ3) is 2.82. The molecule has 2 N–H and O–H groups in total. The van der Waals surface area contributed by atoms with Crippen molar-refractivity contribution in [1.82, 2.24) is 0 Å². The van der Waals surface area contributed by atoms with E-state index < -0.39 is 0 Å². The van der Waals surface area contributed by atoms with Crippen LogP contribution >= 0.6 is 0 Å². The highest BCUT2D eigenvalue weighted by molar-refractivity contribution is 5.86. The molecule has 2 rings (SSSR count). The van der Waals surface area contributed by atoms with Gasteiger partial charge < -0.3 is 10.4 Å². The average molecular weight is 243 g/mol. The van der Waals surface area contributed by atoms with Crippen LogP contribution in [-0.2, 0) is 0 Å². The monoisotopic (exact) mass is 243 g/mol. The molecule has 0 saturated carbocycles. The molecule has 0 heterocycles. The Morgan fingerprint density at radius 2 is 1.72 bits per heavy atom. The van der Waals surface area contributed by atoms with Gasteiger partial charge in [-0.25, -0.2) is 0 Å². The molecule has 0 aliphatic rings. The molecule has 0 bridgehead atoms. The van der Waals surface area contributed by atoms with Gasteiger partial charge in [0.05, 0.1) is 12.6 Å². The number of fused-ring (bicyclic) bond motifs is 1.